The third-order valence-corrected chi connectivity index (χ3v) is 5.04. The number of carbonyl (C=O) groups is 1. The molecule has 0 radical (unpaired) electrons. The van der Waals surface area contributed by atoms with Gasteiger partial charge in [-0.05, 0) is 48.2 Å². The van der Waals surface area contributed by atoms with Crippen LogP contribution in [0.15, 0.2) is 47.6 Å². The van der Waals surface area contributed by atoms with Crippen molar-refractivity contribution < 1.29 is 13.9 Å². The molecular formula is C20H19FN2O2. The summed E-state index contributed by atoms with van der Waals surface area (Å²) in [6, 6.07) is 12.2. The van der Waals surface area contributed by atoms with Gasteiger partial charge in [0.15, 0.2) is 0 Å². The molecule has 1 heterocycles. The molecule has 1 aliphatic heterocycles. The number of fused-ring (bicyclic) bond motifs is 3. The van der Waals surface area contributed by atoms with Crippen LogP contribution in [0.5, 0.6) is 5.75 Å². The van der Waals surface area contributed by atoms with Crippen LogP contribution >= 0.6 is 0 Å². The Labute approximate surface area is 145 Å². The Hall–Kier alpha value is -2.69. The zero-order valence-corrected chi connectivity index (χ0v) is 14.2. The molecule has 2 aromatic rings. The second-order valence-electron chi connectivity index (χ2n) is 6.52. The number of methoxy groups -OCH3 is 1. The van der Waals surface area contributed by atoms with E-state index in [1.54, 1.807) is 13.2 Å². The first-order valence-electron chi connectivity index (χ1n) is 8.39. The van der Waals surface area contributed by atoms with Gasteiger partial charge < -0.3 is 4.74 Å². The molecule has 0 saturated carbocycles. The van der Waals surface area contributed by atoms with Gasteiger partial charge >= 0.3 is 0 Å². The third-order valence-electron chi connectivity index (χ3n) is 5.04. The number of nitrogens with zero attached hydrogens (tertiary/aromatic N) is 2. The van der Waals surface area contributed by atoms with E-state index in [0.717, 1.165) is 35.4 Å². The molecule has 4 nitrogen and oxygen atoms in total. The van der Waals surface area contributed by atoms with Crippen molar-refractivity contribution in [1.82, 2.24) is 5.01 Å². The second kappa shape index (κ2) is 5.99. The van der Waals surface area contributed by atoms with Crippen LogP contribution in [0.1, 0.15) is 36.1 Å². The SMILES string of the molecule is COc1ccc2c(c1)C1=NN(C(C)=O)[C@H](c3cccc(F)c3)[C@@H]1CC2. The molecule has 0 N–H and O–H groups in total. The number of benzene rings is 2. The molecule has 0 bridgehead atoms. The second-order valence-corrected chi connectivity index (χ2v) is 6.52. The Bertz CT molecular complexity index is 878. The first kappa shape index (κ1) is 15.8. The van der Waals surface area contributed by atoms with E-state index in [-0.39, 0.29) is 23.7 Å². The summed E-state index contributed by atoms with van der Waals surface area (Å²) in [6.07, 6.45) is 1.78. The Morgan fingerprint density at radius 2 is 2.12 bits per heavy atom. The lowest BCUT2D eigenvalue weighted by atomic mass is 9.77. The minimum absolute atomic E-state index is 0.0605. The summed E-state index contributed by atoms with van der Waals surface area (Å²) in [4.78, 5) is 12.2. The highest BCUT2D eigenvalue weighted by molar-refractivity contribution is 6.07. The van der Waals surface area contributed by atoms with Gasteiger partial charge in [0.2, 0.25) is 5.91 Å². The predicted molar refractivity (Wildman–Crippen MR) is 93.0 cm³/mol. The van der Waals surface area contributed by atoms with Gasteiger partial charge in [-0.25, -0.2) is 9.40 Å². The summed E-state index contributed by atoms with van der Waals surface area (Å²) in [5, 5.41) is 6.14. The van der Waals surface area contributed by atoms with Crippen LogP contribution in [-0.4, -0.2) is 23.7 Å². The molecule has 0 unspecified atom stereocenters. The molecule has 0 aromatic heterocycles. The highest BCUT2D eigenvalue weighted by Gasteiger charge is 2.43. The summed E-state index contributed by atoms with van der Waals surface area (Å²) in [5.74, 6) is 0.393. The molecule has 1 amide bonds. The maximum Gasteiger partial charge on any atom is 0.240 e. The van der Waals surface area contributed by atoms with Crippen LogP contribution in [0.4, 0.5) is 4.39 Å². The standard InChI is InChI=1S/C20H19FN2O2/c1-12(24)23-20(14-4-3-5-15(21)10-14)17-9-7-13-6-8-16(25-2)11-18(13)19(17)22-23/h3-6,8,10-11,17,20H,7,9H2,1-2H3/t17-,20-/m1/s1. The van der Waals surface area contributed by atoms with Crippen molar-refractivity contribution in [2.24, 2.45) is 11.0 Å². The van der Waals surface area contributed by atoms with Gasteiger partial charge in [0.25, 0.3) is 0 Å². The smallest absolute Gasteiger partial charge is 0.240 e. The van der Waals surface area contributed by atoms with Crippen LogP contribution in [-0.2, 0) is 11.2 Å². The predicted octanol–water partition coefficient (Wildman–Crippen LogP) is 3.70. The Morgan fingerprint density at radius 3 is 2.84 bits per heavy atom. The largest absolute Gasteiger partial charge is 0.497 e. The van der Waals surface area contributed by atoms with Crippen molar-refractivity contribution >= 4 is 11.6 Å². The molecule has 25 heavy (non-hydrogen) atoms. The van der Waals surface area contributed by atoms with Crippen molar-refractivity contribution in [3.8, 4) is 5.75 Å². The molecule has 4 rings (SSSR count). The fourth-order valence-corrected chi connectivity index (χ4v) is 3.90. The monoisotopic (exact) mass is 338 g/mol. The Balaban J connectivity index is 1.82. The third kappa shape index (κ3) is 2.60. The van der Waals surface area contributed by atoms with E-state index in [0.29, 0.717) is 0 Å². The van der Waals surface area contributed by atoms with E-state index < -0.39 is 0 Å². The van der Waals surface area contributed by atoms with E-state index in [4.69, 9.17) is 4.74 Å². The minimum Gasteiger partial charge on any atom is -0.497 e. The lowest BCUT2D eigenvalue weighted by Gasteiger charge is -2.29. The topological polar surface area (TPSA) is 41.9 Å². The lowest BCUT2D eigenvalue weighted by Crippen LogP contribution is -2.31. The normalized spacial score (nSPS) is 21.4. The number of hydrogen-bond acceptors (Lipinski definition) is 3. The van der Waals surface area contributed by atoms with Crippen molar-refractivity contribution in [1.29, 1.82) is 0 Å². The van der Waals surface area contributed by atoms with Crippen LogP contribution in [0.2, 0.25) is 0 Å². The van der Waals surface area contributed by atoms with E-state index >= 15 is 0 Å². The molecule has 0 spiro atoms. The molecule has 2 aliphatic rings. The maximum absolute atomic E-state index is 13.8. The number of amides is 1. The number of ether oxygens (including phenoxy) is 1. The van der Waals surface area contributed by atoms with Crippen LogP contribution in [0.25, 0.3) is 0 Å². The quantitative estimate of drug-likeness (QED) is 0.838. The molecule has 1 aliphatic carbocycles. The van der Waals surface area contributed by atoms with Gasteiger partial charge in [0.1, 0.15) is 11.6 Å². The average molecular weight is 338 g/mol. The highest BCUT2D eigenvalue weighted by atomic mass is 19.1. The lowest BCUT2D eigenvalue weighted by molar-refractivity contribution is -0.131. The van der Waals surface area contributed by atoms with Crippen molar-refractivity contribution in [2.75, 3.05) is 7.11 Å². The molecule has 0 saturated heterocycles. The fourth-order valence-electron chi connectivity index (χ4n) is 3.90. The molecule has 128 valence electrons. The van der Waals surface area contributed by atoms with Gasteiger partial charge in [0, 0.05) is 18.4 Å². The van der Waals surface area contributed by atoms with Crippen molar-refractivity contribution in [3.05, 3.63) is 65.0 Å². The first-order valence-corrected chi connectivity index (χ1v) is 8.39. The van der Waals surface area contributed by atoms with Gasteiger partial charge in [0.05, 0.1) is 18.9 Å². The van der Waals surface area contributed by atoms with E-state index in [1.807, 2.05) is 18.2 Å². The Morgan fingerprint density at radius 1 is 1.28 bits per heavy atom. The minimum atomic E-state index is -0.299. The number of carbonyl (C=O) groups excluding carboxylic acids is 1. The van der Waals surface area contributed by atoms with Gasteiger partial charge in [-0.3, -0.25) is 4.79 Å². The number of aryl methyl sites for hydroxylation is 1. The summed E-state index contributed by atoms with van der Waals surface area (Å²) in [6.45, 7) is 1.50. The van der Waals surface area contributed by atoms with Crippen molar-refractivity contribution in [3.63, 3.8) is 0 Å². The fraction of sp³-hybridized carbons (Fsp3) is 0.300. The molecular weight excluding hydrogens is 319 g/mol. The maximum atomic E-state index is 13.8. The summed E-state index contributed by atoms with van der Waals surface area (Å²) < 4.78 is 19.1. The van der Waals surface area contributed by atoms with E-state index in [2.05, 4.69) is 11.2 Å². The first-order chi connectivity index (χ1) is 12.1. The highest BCUT2D eigenvalue weighted by Crippen LogP contribution is 2.44. The summed E-state index contributed by atoms with van der Waals surface area (Å²) in [5.41, 5.74) is 3.91. The molecule has 2 atom stereocenters. The Kier molecular flexibility index (Phi) is 3.79. The van der Waals surface area contributed by atoms with Gasteiger partial charge in [-0.2, -0.15) is 5.10 Å². The number of halogens is 1. The number of rotatable bonds is 2. The van der Waals surface area contributed by atoms with Crippen molar-refractivity contribution in [2.45, 2.75) is 25.8 Å². The van der Waals surface area contributed by atoms with Crippen LogP contribution < -0.4 is 4.74 Å². The summed E-state index contributed by atoms with van der Waals surface area (Å²) >= 11 is 0. The van der Waals surface area contributed by atoms with Crippen LogP contribution in [0.3, 0.4) is 0 Å². The average Bonchev–Trinajstić information content (AvgIpc) is 3.01. The van der Waals surface area contributed by atoms with Gasteiger partial charge in [-0.1, -0.05) is 18.2 Å². The van der Waals surface area contributed by atoms with Crippen LogP contribution in [0, 0.1) is 11.7 Å². The molecule has 2 aromatic carbocycles. The molecule has 0 fully saturated rings. The summed E-state index contributed by atoms with van der Waals surface area (Å²) in [7, 11) is 1.63. The zero-order chi connectivity index (χ0) is 17.6. The number of hydrazone groups is 1. The number of hydrogen-bond donors (Lipinski definition) is 0. The van der Waals surface area contributed by atoms with E-state index in [1.165, 1.54) is 29.6 Å². The van der Waals surface area contributed by atoms with E-state index in [9.17, 15) is 9.18 Å². The molecule has 5 heteroatoms. The zero-order valence-electron chi connectivity index (χ0n) is 14.2. The van der Waals surface area contributed by atoms with Gasteiger partial charge in [-0.15, -0.1) is 0 Å².